The lowest BCUT2D eigenvalue weighted by Gasteiger charge is -2.19. The summed E-state index contributed by atoms with van der Waals surface area (Å²) in [6.45, 7) is 8.30. The number of furan rings is 1. The minimum Gasteiger partial charge on any atom is -0.456 e. The van der Waals surface area contributed by atoms with Gasteiger partial charge in [-0.15, -0.1) is 0 Å². The van der Waals surface area contributed by atoms with E-state index in [1.165, 1.54) is 10.8 Å². The number of aromatic nitrogens is 2. The molecule has 7 aromatic carbocycles. The van der Waals surface area contributed by atoms with Gasteiger partial charge in [0.05, 0.1) is 40.0 Å². The first kappa shape index (κ1) is 25.7. The summed E-state index contributed by atoms with van der Waals surface area (Å²) >= 11 is 0. The minimum absolute atomic E-state index is 0.609. The van der Waals surface area contributed by atoms with Crippen LogP contribution in [0, 0.1) is 6.57 Å². The van der Waals surface area contributed by atoms with E-state index in [-0.39, 0.29) is 0 Å². The molecule has 0 saturated heterocycles. The van der Waals surface area contributed by atoms with Crippen LogP contribution in [0.3, 0.4) is 0 Å². The number of hydrogen-bond donors (Lipinski definition) is 0. The summed E-state index contributed by atoms with van der Waals surface area (Å²) in [6.07, 6.45) is 0. The Bertz CT molecular complexity index is 2880. The monoisotopic (exact) mass is 599 g/mol. The van der Waals surface area contributed by atoms with E-state index in [0.29, 0.717) is 5.69 Å². The molecule has 4 nitrogen and oxygen atoms in total. The quantitative estimate of drug-likeness (QED) is 0.186. The van der Waals surface area contributed by atoms with E-state index in [4.69, 9.17) is 11.0 Å². The first-order valence-electron chi connectivity index (χ1n) is 15.7. The number of hydrogen-bond acceptors (Lipinski definition) is 1. The Hall–Kier alpha value is -6.57. The molecule has 10 rings (SSSR count). The van der Waals surface area contributed by atoms with Crippen LogP contribution >= 0.6 is 0 Å². The van der Waals surface area contributed by atoms with Crippen molar-refractivity contribution in [3.63, 3.8) is 0 Å². The molecule has 0 spiro atoms. The van der Waals surface area contributed by atoms with E-state index in [2.05, 4.69) is 141 Å². The van der Waals surface area contributed by atoms with Crippen LogP contribution in [-0.2, 0) is 0 Å². The van der Waals surface area contributed by atoms with Crippen molar-refractivity contribution in [2.24, 2.45) is 0 Å². The van der Waals surface area contributed by atoms with Crippen LogP contribution in [0.2, 0.25) is 0 Å². The van der Waals surface area contributed by atoms with Crippen molar-refractivity contribution in [1.29, 1.82) is 0 Å². The highest BCUT2D eigenvalue weighted by molar-refractivity contribution is 6.17. The van der Waals surface area contributed by atoms with E-state index in [9.17, 15) is 0 Å². The Kier molecular flexibility index (Phi) is 5.32. The van der Waals surface area contributed by atoms with Crippen molar-refractivity contribution in [3.8, 4) is 22.5 Å². The summed E-state index contributed by atoms with van der Waals surface area (Å²) in [5, 5.41) is 6.84. The van der Waals surface area contributed by atoms with Gasteiger partial charge in [0.25, 0.3) is 0 Å². The first-order chi connectivity index (χ1) is 23.3. The van der Waals surface area contributed by atoms with Crippen molar-refractivity contribution in [3.05, 3.63) is 163 Å². The van der Waals surface area contributed by atoms with E-state index in [1.807, 2.05) is 24.3 Å². The second-order valence-corrected chi connectivity index (χ2v) is 12.0. The Balaban J connectivity index is 1.33. The van der Waals surface area contributed by atoms with Gasteiger partial charge in [-0.3, -0.25) is 0 Å². The maximum atomic E-state index is 8.30. The van der Waals surface area contributed by atoms with Gasteiger partial charge in [0, 0.05) is 37.9 Å². The fourth-order valence-electron chi connectivity index (χ4n) is 7.58. The van der Waals surface area contributed by atoms with Gasteiger partial charge in [-0.1, -0.05) is 109 Å². The molecule has 10 aromatic rings. The molecular formula is C43H25N3O. The summed E-state index contributed by atoms with van der Waals surface area (Å²) in [5.41, 5.74) is 10.7. The molecule has 3 aromatic heterocycles. The van der Waals surface area contributed by atoms with Crippen molar-refractivity contribution in [1.82, 2.24) is 9.13 Å². The van der Waals surface area contributed by atoms with Gasteiger partial charge in [0.15, 0.2) is 0 Å². The van der Waals surface area contributed by atoms with Crippen LogP contribution in [0.4, 0.5) is 5.69 Å². The molecule has 0 aliphatic rings. The summed E-state index contributed by atoms with van der Waals surface area (Å²) < 4.78 is 11.0. The molecule has 47 heavy (non-hydrogen) atoms. The molecule has 0 fully saturated rings. The summed E-state index contributed by atoms with van der Waals surface area (Å²) in [6, 6.07) is 52.9. The highest BCUT2D eigenvalue weighted by Crippen LogP contribution is 2.44. The molecule has 218 valence electrons. The fraction of sp³-hybridized carbons (Fsp3) is 0. The zero-order valence-corrected chi connectivity index (χ0v) is 25.2. The van der Waals surface area contributed by atoms with Gasteiger partial charge in [-0.2, -0.15) is 0 Å². The van der Waals surface area contributed by atoms with Crippen LogP contribution in [0.15, 0.2) is 156 Å². The lowest BCUT2D eigenvalue weighted by atomic mass is 9.99. The molecule has 0 aliphatic carbocycles. The maximum absolute atomic E-state index is 8.30. The van der Waals surface area contributed by atoms with E-state index >= 15 is 0 Å². The number of benzene rings is 7. The third-order valence-electron chi connectivity index (χ3n) is 9.55. The Morgan fingerprint density at radius 2 is 1.00 bits per heavy atom. The largest absolute Gasteiger partial charge is 0.456 e. The summed E-state index contributed by atoms with van der Waals surface area (Å²) in [5.74, 6) is 0. The second-order valence-electron chi connectivity index (χ2n) is 12.0. The van der Waals surface area contributed by atoms with Crippen molar-refractivity contribution in [2.45, 2.75) is 0 Å². The molecule has 0 unspecified atom stereocenters. The van der Waals surface area contributed by atoms with Crippen LogP contribution in [0.1, 0.15) is 0 Å². The van der Waals surface area contributed by atoms with Crippen LogP contribution in [0.25, 0.3) is 92.9 Å². The lowest BCUT2D eigenvalue weighted by Crippen LogP contribution is -2.01. The zero-order valence-electron chi connectivity index (χ0n) is 25.2. The standard InChI is InChI=1S/C43H25N3O/c1-44-35-19-12-18-32(43(35)46-38-22-9-2-13-27(38)28-14-3-10-23-39(28)46)29-15-4-7-20-36(29)45-37-21-8-5-16-30(37)33-26-42-34(25-40(33)45)31-17-6-11-24-41(31)47-42/h2-26H. The topological polar surface area (TPSA) is 27.4 Å². The van der Waals surface area contributed by atoms with Gasteiger partial charge >= 0.3 is 0 Å². The van der Waals surface area contributed by atoms with Crippen LogP contribution < -0.4 is 0 Å². The van der Waals surface area contributed by atoms with Crippen LogP contribution in [-0.4, -0.2) is 9.13 Å². The Morgan fingerprint density at radius 3 is 1.72 bits per heavy atom. The zero-order chi connectivity index (χ0) is 31.1. The molecule has 0 radical (unpaired) electrons. The number of rotatable bonds is 3. The molecule has 0 amide bonds. The number of nitrogens with zero attached hydrogens (tertiary/aromatic N) is 3. The summed E-state index contributed by atoms with van der Waals surface area (Å²) in [7, 11) is 0. The molecule has 0 atom stereocenters. The van der Waals surface area contributed by atoms with Gasteiger partial charge < -0.3 is 13.6 Å². The number of para-hydroxylation sites is 6. The molecule has 0 bridgehead atoms. The predicted molar refractivity (Wildman–Crippen MR) is 194 cm³/mol. The highest BCUT2D eigenvalue weighted by Gasteiger charge is 2.22. The van der Waals surface area contributed by atoms with Gasteiger partial charge in [-0.05, 0) is 48.0 Å². The van der Waals surface area contributed by atoms with E-state index < -0.39 is 0 Å². The highest BCUT2D eigenvalue weighted by atomic mass is 16.3. The third kappa shape index (κ3) is 3.57. The molecule has 4 heteroatoms. The first-order valence-corrected chi connectivity index (χ1v) is 15.7. The van der Waals surface area contributed by atoms with Crippen molar-refractivity contribution in [2.75, 3.05) is 0 Å². The van der Waals surface area contributed by atoms with Gasteiger partial charge in [0.2, 0.25) is 5.69 Å². The minimum atomic E-state index is 0.609. The molecule has 0 saturated carbocycles. The average Bonchev–Trinajstić information content (AvgIpc) is 3.77. The lowest BCUT2D eigenvalue weighted by molar-refractivity contribution is 0.669. The molecule has 3 heterocycles. The summed E-state index contributed by atoms with van der Waals surface area (Å²) in [4.78, 5) is 4.09. The van der Waals surface area contributed by atoms with E-state index in [0.717, 1.165) is 77.3 Å². The fourth-order valence-corrected chi connectivity index (χ4v) is 7.58. The van der Waals surface area contributed by atoms with Crippen molar-refractivity contribution >= 4 is 71.2 Å². The van der Waals surface area contributed by atoms with Crippen LogP contribution in [0.5, 0.6) is 0 Å². The second kappa shape index (κ2) is 9.71. The molecular weight excluding hydrogens is 574 g/mol. The van der Waals surface area contributed by atoms with Gasteiger partial charge in [0.1, 0.15) is 11.2 Å². The van der Waals surface area contributed by atoms with E-state index in [1.54, 1.807) is 0 Å². The normalized spacial score (nSPS) is 11.8. The predicted octanol–water partition coefficient (Wildman–Crippen LogP) is 12.0. The Labute approximate surface area is 269 Å². The Morgan fingerprint density at radius 1 is 0.426 bits per heavy atom. The molecule has 0 aliphatic heterocycles. The smallest absolute Gasteiger partial charge is 0.211 e. The number of fused-ring (bicyclic) bond motifs is 9. The molecule has 0 N–H and O–H groups in total. The van der Waals surface area contributed by atoms with Crippen molar-refractivity contribution < 1.29 is 4.42 Å². The third-order valence-corrected chi connectivity index (χ3v) is 9.55. The average molecular weight is 600 g/mol. The maximum Gasteiger partial charge on any atom is 0.211 e. The van der Waals surface area contributed by atoms with Gasteiger partial charge in [-0.25, -0.2) is 4.85 Å². The SMILES string of the molecule is [C-]#[N+]c1cccc(-c2ccccc2-n2c3ccccc3c3cc4oc5ccccc5c4cc32)c1-n1c2ccccc2c2ccccc21.